The maximum absolute atomic E-state index is 12.8. The summed E-state index contributed by atoms with van der Waals surface area (Å²) in [6.07, 6.45) is 2.41. The molecule has 6 heteroatoms. The maximum Gasteiger partial charge on any atom is 0.251 e. The van der Waals surface area contributed by atoms with E-state index in [9.17, 15) is 9.18 Å². The molecule has 110 valence electrons. The van der Waals surface area contributed by atoms with Gasteiger partial charge in [-0.3, -0.25) is 4.79 Å². The third-order valence-corrected chi connectivity index (χ3v) is 4.21. The SMILES string of the molecule is O=c1cc(CNC2CC2)nc(CSc2ccc(F)cc2)[nH]1. The van der Waals surface area contributed by atoms with E-state index >= 15 is 0 Å². The Labute approximate surface area is 126 Å². The number of hydrogen-bond acceptors (Lipinski definition) is 4. The van der Waals surface area contributed by atoms with Crippen molar-refractivity contribution in [3.05, 3.63) is 58.0 Å². The second-order valence-corrected chi connectivity index (χ2v) is 6.13. The number of nitrogens with one attached hydrogen (secondary N) is 2. The molecule has 0 unspecified atom stereocenters. The summed E-state index contributed by atoms with van der Waals surface area (Å²) in [6.45, 7) is 0.628. The smallest absolute Gasteiger partial charge is 0.251 e. The average Bonchev–Trinajstić information content (AvgIpc) is 3.28. The van der Waals surface area contributed by atoms with Crippen LogP contribution in [-0.2, 0) is 12.3 Å². The van der Waals surface area contributed by atoms with E-state index in [4.69, 9.17) is 0 Å². The summed E-state index contributed by atoms with van der Waals surface area (Å²) in [5.74, 6) is 0.946. The van der Waals surface area contributed by atoms with E-state index < -0.39 is 0 Å². The summed E-state index contributed by atoms with van der Waals surface area (Å²) < 4.78 is 12.8. The molecule has 3 rings (SSSR count). The maximum atomic E-state index is 12.8. The van der Waals surface area contributed by atoms with E-state index in [0.717, 1.165) is 10.6 Å². The van der Waals surface area contributed by atoms with Crippen molar-refractivity contribution in [2.45, 2.75) is 36.1 Å². The molecule has 1 aliphatic carbocycles. The summed E-state index contributed by atoms with van der Waals surface area (Å²) in [5, 5.41) is 3.34. The first-order chi connectivity index (χ1) is 10.2. The highest BCUT2D eigenvalue weighted by molar-refractivity contribution is 7.98. The molecule has 1 saturated carbocycles. The first kappa shape index (κ1) is 14.3. The van der Waals surface area contributed by atoms with Gasteiger partial charge in [0.25, 0.3) is 5.56 Å². The van der Waals surface area contributed by atoms with Gasteiger partial charge in [-0.1, -0.05) is 0 Å². The highest BCUT2D eigenvalue weighted by Crippen LogP contribution is 2.21. The molecule has 2 N–H and O–H groups in total. The molecule has 1 aliphatic rings. The second kappa shape index (κ2) is 6.41. The number of hydrogen-bond donors (Lipinski definition) is 2. The third kappa shape index (κ3) is 4.41. The largest absolute Gasteiger partial charge is 0.310 e. The number of aromatic nitrogens is 2. The van der Waals surface area contributed by atoms with Crippen LogP contribution in [0.15, 0.2) is 40.0 Å². The zero-order valence-corrected chi connectivity index (χ0v) is 12.3. The lowest BCUT2D eigenvalue weighted by Crippen LogP contribution is -2.20. The predicted octanol–water partition coefficient (Wildman–Crippen LogP) is 2.45. The number of rotatable bonds is 6. The number of nitrogens with zero attached hydrogens (tertiary/aromatic N) is 1. The molecule has 1 heterocycles. The highest BCUT2D eigenvalue weighted by atomic mass is 32.2. The lowest BCUT2D eigenvalue weighted by atomic mass is 10.3. The van der Waals surface area contributed by atoms with E-state index in [-0.39, 0.29) is 11.4 Å². The molecule has 0 amide bonds. The van der Waals surface area contributed by atoms with E-state index in [1.807, 2.05) is 0 Å². The molecule has 2 aromatic rings. The molecule has 0 radical (unpaired) electrons. The van der Waals surface area contributed by atoms with Crippen molar-refractivity contribution in [1.82, 2.24) is 15.3 Å². The van der Waals surface area contributed by atoms with Gasteiger partial charge in [-0.15, -0.1) is 11.8 Å². The normalized spacial score (nSPS) is 14.3. The monoisotopic (exact) mass is 305 g/mol. The first-order valence-electron chi connectivity index (χ1n) is 6.90. The van der Waals surface area contributed by atoms with Gasteiger partial charge in [-0.25, -0.2) is 9.37 Å². The molecule has 1 aromatic heterocycles. The van der Waals surface area contributed by atoms with Crippen LogP contribution in [0.4, 0.5) is 4.39 Å². The van der Waals surface area contributed by atoms with E-state index in [1.54, 1.807) is 12.1 Å². The molecule has 1 fully saturated rings. The minimum absolute atomic E-state index is 0.132. The molecule has 1 aromatic carbocycles. The van der Waals surface area contributed by atoms with Crippen LogP contribution in [0.3, 0.4) is 0 Å². The van der Waals surface area contributed by atoms with Crippen molar-refractivity contribution in [3.63, 3.8) is 0 Å². The van der Waals surface area contributed by atoms with Crippen molar-refractivity contribution >= 4 is 11.8 Å². The van der Waals surface area contributed by atoms with E-state index in [2.05, 4.69) is 15.3 Å². The van der Waals surface area contributed by atoms with Crippen LogP contribution < -0.4 is 10.9 Å². The van der Waals surface area contributed by atoms with Gasteiger partial charge in [-0.2, -0.15) is 0 Å². The van der Waals surface area contributed by atoms with Gasteiger partial charge < -0.3 is 10.3 Å². The molecular weight excluding hydrogens is 289 g/mol. The topological polar surface area (TPSA) is 57.8 Å². The highest BCUT2D eigenvalue weighted by Gasteiger charge is 2.20. The minimum Gasteiger partial charge on any atom is -0.310 e. The molecule has 0 aliphatic heterocycles. The lowest BCUT2D eigenvalue weighted by Gasteiger charge is -2.05. The Hall–Kier alpha value is -1.66. The summed E-state index contributed by atoms with van der Waals surface area (Å²) in [5.41, 5.74) is 0.632. The minimum atomic E-state index is -0.251. The number of H-pyrrole nitrogens is 1. The zero-order valence-electron chi connectivity index (χ0n) is 11.4. The molecule has 0 atom stereocenters. The molecule has 0 spiro atoms. The zero-order chi connectivity index (χ0) is 14.7. The number of thioether (sulfide) groups is 1. The Bertz CT molecular complexity index is 667. The Morgan fingerprint density at radius 1 is 1.33 bits per heavy atom. The van der Waals surface area contributed by atoms with Gasteiger partial charge >= 0.3 is 0 Å². The fourth-order valence-electron chi connectivity index (χ4n) is 1.94. The van der Waals surface area contributed by atoms with Crippen LogP contribution in [0, 0.1) is 5.82 Å². The van der Waals surface area contributed by atoms with Crippen molar-refractivity contribution in [1.29, 1.82) is 0 Å². The van der Waals surface area contributed by atoms with Gasteiger partial charge in [0.1, 0.15) is 11.6 Å². The second-order valence-electron chi connectivity index (χ2n) is 5.08. The van der Waals surface area contributed by atoms with Crippen molar-refractivity contribution in [2.75, 3.05) is 0 Å². The van der Waals surface area contributed by atoms with Crippen LogP contribution >= 0.6 is 11.8 Å². The van der Waals surface area contributed by atoms with Gasteiger partial charge in [0.15, 0.2) is 0 Å². The summed E-state index contributed by atoms with van der Waals surface area (Å²) in [4.78, 5) is 19.8. The first-order valence-corrected chi connectivity index (χ1v) is 7.88. The Kier molecular flexibility index (Phi) is 4.36. The van der Waals surface area contributed by atoms with Crippen molar-refractivity contribution in [3.8, 4) is 0 Å². The van der Waals surface area contributed by atoms with Crippen LogP contribution in [0.25, 0.3) is 0 Å². The fraction of sp³-hybridized carbons (Fsp3) is 0.333. The standard InChI is InChI=1S/C15H16FN3OS/c16-10-1-5-13(6-2-10)21-9-14-18-12(7-15(20)19-14)8-17-11-3-4-11/h1-2,5-7,11,17H,3-4,8-9H2,(H,18,19,20). The summed E-state index contributed by atoms with van der Waals surface area (Å²) in [7, 11) is 0. The number of halogens is 1. The van der Waals surface area contributed by atoms with Gasteiger partial charge in [0.2, 0.25) is 0 Å². The predicted molar refractivity (Wildman–Crippen MR) is 80.7 cm³/mol. The molecular formula is C15H16FN3OS. The molecule has 21 heavy (non-hydrogen) atoms. The summed E-state index contributed by atoms with van der Waals surface area (Å²) >= 11 is 1.52. The van der Waals surface area contributed by atoms with Crippen LogP contribution in [-0.4, -0.2) is 16.0 Å². The van der Waals surface area contributed by atoms with Gasteiger partial charge in [0, 0.05) is 23.5 Å². The van der Waals surface area contributed by atoms with Crippen molar-refractivity contribution < 1.29 is 4.39 Å². The molecule has 0 bridgehead atoms. The fourth-order valence-corrected chi connectivity index (χ4v) is 2.71. The Morgan fingerprint density at radius 2 is 2.10 bits per heavy atom. The quantitative estimate of drug-likeness (QED) is 0.805. The Balaban J connectivity index is 1.63. The van der Waals surface area contributed by atoms with E-state index in [1.165, 1.54) is 42.8 Å². The third-order valence-electron chi connectivity index (χ3n) is 3.18. The number of aromatic amines is 1. The van der Waals surface area contributed by atoms with Crippen LogP contribution in [0.1, 0.15) is 24.4 Å². The van der Waals surface area contributed by atoms with Crippen LogP contribution in [0.5, 0.6) is 0 Å². The van der Waals surface area contributed by atoms with E-state index in [0.29, 0.717) is 24.2 Å². The van der Waals surface area contributed by atoms with Gasteiger partial charge in [0.05, 0.1) is 11.4 Å². The molecule has 4 nitrogen and oxygen atoms in total. The lowest BCUT2D eigenvalue weighted by molar-refractivity contribution is 0.626. The number of benzene rings is 1. The molecule has 0 saturated heterocycles. The Morgan fingerprint density at radius 3 is 2.81 bits per heavy atom. The van der Waals surface area contributed by atoms with Crippen molar-refractivity contribution in [2.24, 2.45) is 0 Å². The summed E-state index contributed by atoms with van der Waals surface area (Å²) in [6, 6.07) is 8.40. The average molecular weight is 305 g/mol. The van der Waals surface area contributed by atoms with Gasteiger partial charge in [-0.05, 0) is 37.1 Å². The van der Waals surface area contributed by atoms with Crippen LogP contribution in [0.2, 0.25) is 0 Å².